The number of fused-ring (bicyclic) bond motifs is 1. The van der Waals surface area contributed by atoms with Crippen LogP contribution in [0.3, 0.4) is 0 Å². The van der Waals surface area contributed by atoms with Gasteiger partial charge in [-0.15, -0.1) is 0 Å². The molecule has 1 saturated heterocycles. The van der Waals surface area contributed by atoms with E-state index in [0.717, 1.165) is 18.4 Å². The zero-order valence-electron chi connectivity index (χ0n) is 7.82. The molecule has 1 saturated carbocycles. The molecule has 0 aromatic rings. The summed E-state index contributed by atoms with van der Waals surface area (Å²) in [7, 11) is 1.95. The fourth-order valence-electron chi connectivity index (χ4n) is 2.86. The number of likely N-dealkylation sites (tertiary alicyclic amines) is 1. The minimum atomic E-state index is -0.811. The smallest absolute Gasteiger partial charge is 0.259 e. The van der Waals surface area contributed by atoms with Crippen molar-refractivity contribution in [3.8, 4) is 0 Å². The molecule has 4 heteroatoms. The van der Waals surface area contributed by atoms with Gasteiger partial charge in [-0.2, -0.15) is 0 Å². The number of nitro groups is 1. The van der Waals surface area contributed by atoms with Crippen LogP contribution >= 0.6 is 0 Å². The highest BCUT2D eigenvalue weighted by Crippen LogP contribution is 2.45. The topological polar surface area (TPSA) is 46.4 Å². The second-order valence-corrected chi connectivity index (χ2v) is 4.11. The van der Waals surface area contributed by atoms with Gasteiger partial charge in [0.15, 0.2) is 0 Å². The summed E-state index contributed by atoms with van der Waals surface area (Å²) in [5.74, 6) is 0. The van der Waals surface area contributed by atoms with Crippen LogP contribution in [0.5, 0.6) is 0 Å². The average Bonchev–Trinajstić information content (AvgIpc) is 2.54. The van der Waals surface area contributed by atoms with Gasteiger partial charge in [0.25, 0.3) is 5.54 Å². The molecule has 0 aromatic heterocycles. The van der Waals surface area contributed by atoms with Gasteiger partial charge in [0.2, 0.25) is 0 Å². The van der Waals surface area contributed by atoms with E-state index in [0.29, 0.717) is 13.0 Å². The van der Waals surface area contributed by atoms with Gasteiger partial charge < -0.3 is 0 Å². The molecule has 0 amide bonds. The number of likely N-dealkylation sites (N-methyl/N-ethyl adjacent to an activating group) is 1. The Balaban J connectivity index is 2.42. The van der Waals surface area contributed by atoms with Crippen molar-refractivity contribution in [2.45, 2.75) is 30.8 Å². The normalized spacial score (nSPS) is 39.5. The molecule has 13 heavy (non-hydrogen) atoms. The van der Waals surface area contributed by atoms with Crippen molar-refractivity contribution in [2.75, 3.05) is 13.6 Å². The van der Waals surface area contributed by atoms with Gasteiger partial charge in [-0.05, 0) is 19.9 Å². The summed E-state index contributed by atoms with van der Waals surface area (Å²) in [4.78, 5) is 13.0. The third kappa shape index (κ3) is 0.892. The van der Waals surface area contributed by atoms with E-state index in [1.54, 1.807) is 0 Å². The lowest BCUT2D eigenvalue weighted by atomic mass is 9.90. The molecule has 0 bridgehead atoms. The molecule has 0 radical (unpaired) electrons. The maximum Gasteiger partial charge on any atom is 0.259 e. The summed E-state index contributed by atoms with van der Waals surface area (Å²) in [6.45, 7) is 4.54. The third-order valence-electron chi connectivity index (χ3n) is 3.50. The van der Waals surface area contributed by atoms with Crippen molar-refractivity contribution in [1.29, 1.82) is 0 Å². The predicted octanol–water partition coefficient (Wildman–Crippen LogP) is 1.06. The number of rotatable bonds is 1. The first-order valence-electron chi connectivity index (χ1n) is 4.62. The Kier molecular flexibility index (Phi) is 1.70. The van der Waals surface area contributed by atoms with Crippen molar-refractivity contribution < 1.29 is 4.92 Å². The first-order chi connectivity index (χ1) is 6.09. The van der Waals surface area contributed by atoms with Crippen LogP contribution < -0.4 is 0 Å². The van der Waals surface area contributed by atoms with Crippen LogP contribution in [0.15, 0.2) is 12.2 Å². The van der Waals surface area contributed by atoms with E-state index in [1.165, 1.54) is 0 Å². The maximum absolute atomic E-state index is 11.1. The van der Waals surface area contributed by atoms with Crippen LogP contribution in [0.2, 0.25) is 0 Å². The van der Waals surface area contributed by atoms with Gasteiger partial charge in [0.1, 0.15) is 0 Å². The van der Waals surface area contributed by atoms with Gasteiger partial charge in [0, 0.05) is 23.5 Å². The standard InChI is InChI=1S/C9H14N2O2/c1-7-6-10(2)8-4-3-5-9(7,8)11(12)13/h8H,1,3-6H2,2H3/t8-,9+/m0/s1. The van der Waals surface area contributed by atoms with Gasteiger partial charge in [-0.3, -0.25) is 15.0 Å². The highest BCUT2D eigenvalue weighted by molar-refractivity contribution is 5.27. The Morgan fingerprint density at radius 3 is 3.00 bits per heavy atom. The third-order valence-corrected chi connectivity index (χ3v) is 3.50. The Morgan fingerprint density at radius 2 is 2.46 bits per heavy atom. The van der Waals surface area contributed by atoms with Crippen LogP contribution in [-0.2, 0) is 0 Å². The Morgan fingerprint density at radius 1 is 1.77 bits per heavy atom. The van der Waals surface area contributed by atoms with E-state index in [-0.39, 0.29) is 11.0 Å². The molecule has 1 aliphatic carbocycles. The molecular formula is C9H14N2O2. The molecule has 4 nitrogen and oxygen atoms in total. The predicted molar refractivity (Wildman–Crippen MR) is 49.1 cm³/mol. The van der Waals surface area contributed by atoms with E-state index in [9.17, 15) is 10.1 Å². The molecule has 0 unspecified atom stereocenters. The van der Waals surface area contributed by atoms with E-state index in [1.807, 2.05) is 7.05 Å². The molecule has 1 heterocycles. The lowest BCUT2D eigenvalue weighted by Crippen LogP contribution is -2.45. The van der Waals surface area contributed by atoms with Crippen LogP contribution in [0.4, 0.5) is 0 Å². The maximum atomic E-state index is 11.1. The number of nitrogens with zero attached hydrogens (tertiary/aromatic N) is 2. The van der Waals surface area contributed by atoms with Crippen molar-refractivity contribution in [2.24, 2.45) is 0 Å². The van der Waals surface area contributed by atoms with Gasteiger partial charge >= 0.3 is 0 Å². The lowest BCUT2D eigenvalue weighted by molar-refractivity contribution is -0.558. The van der Waals surface area contributed by atoms with Crippen molar-refractivity contribution >= 4 is 0 Å². The second-order valence-electron chi connectivity index (χ2n) is 4.11. The molecule has 0 N–H and O–H groups in total. The van der Waals surface area contributed by atoms with Crippen molar-refractivity contribution in [3.05, 3.63) is 22.3 Å². The fourth-order valence-corrected chi connectivity index (χ4v) is 2.86. The quantitative estimate of drug-likeness (QED) is 0.346. The lowest BCUT2D eigenvalue weighted by Gasteiger charge is -2.22. The highest BCUT2D eigenvalue weighted by Gasteiger charge is 2.61. The van der Waals surface area contributed by atoms with Gasteiger partial charge in [0.05, 0.1) is 6.04 Å². The van der Waals surface area contributed by atoms with Gasteiger partial charge in [-0.1, -0.05) is 6.58 Å². The van der Waals surface area contributed by atoms with Crippen molar-refractivity contribution in [1.82, 2.24) is 4.90 Å². The minimum Gasteiger partial charge on any atom is -0.292 e. The monoisotopic (exact) mass is 182 g/mol. The molecule has 2 aliphatic rings. The molecule has 0 spiro atoms. The van der Waals surface area contributed by atoms with Crippen LogP contribution in [-0.4, -0.2) is 35.0 Å². The largest absolute Gasteiger partial charge is 0.292 e. The summed E-state index contributed by atoms with van der Waals surface area (Å²) in [5.41, 5.74) is -0.0168. The van der Waals surface area contributed by atoms with Crippen LogP contribution in [0.1, 0.15) is 19.3 Å². The molecular weight excluding hydrogens is 168 g/mol. The second kappa shape index (κ2) is 2.54. The molecule has 1 aliphatic heterocycles. The van der Waals surface area contributed by atoms with E-state index < -0.39 is 5.54 Å². The van der Waals surface area contributed by atoms with Gasteiger partial charge in [-0.25, -0.2) is 0 Å². The Bertz CT molecular complexity index is 277. The average molecular weight is 182 g/mol. The van der Waals surface area contributed by atoms with Crippen molar-refractivity contribution in [3.63, 3.8) is 0 Å². The number of hydrogen-bond acceptors (Lipinski definition) is 3. The SMILES string of the molecule is C=C1CN(C)[C@H]2CCC[C@@]12[N+](=O)[O-]. The summed E-state index contributed by atoms with van der Waals surface area (Å²) in [5, 5.41) is 11.1. The first kappa shape index (κ1) is 8.69. The van der Waals surface area contributed by atoms with E-state index >= 15 is 0 Å². The molecule has 2 fully saturated rings. The summed E-state index contributed by atoms with van der Waals surface area (Å²) in [6.07, 6.45) is 2.57. The number of hydrogen-bond donors (Lipinski definition) is 0. The summed E-state index contributed by atoms with van der Waals surface area (Å²) < 4.78 is 0. The molecule has 2 atom stereocenters. The van der Waals surface area contributed by atoms with E-state index in [2.05, 4.69) is 11.5 Å². The summed E-state index contributed by atoms with van der Waals surface area (Å²) >= 11 is 0. The first-order valence-corrected chi connectivity index (χ1v) is 4.62. The molecule has 72 valence electrons. The van der Waals surface area contributed by atoms with Crippen LogP contribution in [0, 0.1) is 10.1 Å². The molecule has 0 aromatic carbocycles. The minimum absolute atomic E-state index is 0.0926. The Labute approximate surface area is 77.4 Å². The fraction of sp³-hybridized carbons (Fsp3) is 0.778. The molecule has 2 rings (SSSR count). The van der Waals surface area contributed by atoms with E-state index in [4.69, 9.17) is 0 Å². The Hall–Kier alpha value is -0.900. The highest BCUT2D eigenvalue weighted by atomic mass is 16.6. The van der Waals surface area contributed by atoms with Crippen LogP contribution in [0.25, 0.3) is 0 Å². The zero-order chi connectivity index (χ0) is 9.64. The zero-order valence-corrected chi connectivity index (χ0v) is 7.82. The summed E-state index contributed by atoms with van der Waals surface area (Å²) in [6, 6.07) is 0.0926.